The number of hydrogen-bond acceptors (Lipinski definition) is 2. The molecular weight excluding hydrogens is 534 g/mol. The first-order chi connectivity index (χ1) is 21.8. The highest BCUT2D eigenvalue weighted by molar-refractivity contribution is 6.17. The van der Waals surface area contributed by atoms with Gasteiger partial charge in [0.25, 0.3) is 0 Å². The molecule has 0 unspecified atom stereocenters. The quantitative estimate of drug-likeness (QED) is 0.199. The first-order valence-electron chi connectivity index (χ1n) is 15.0. The molecule has 9 aromatic rings. The topological polar surface area (TPSA) is 16.4 Å². The van der Waals surface area contributed by atoms with E-state index in [1.54, 1.807) is 0 Å². The lowest BCUT2D eigenvalue weighted by Crippen LogP contribution is -2.11. The van der Waals surface area contributed by atoms with Crippen molar-refractivity contribution in [2.24, 2.45) is 0 Å². The monoisotopic (exact) mass is 561 g/mol. The van der Waals surface area contributed by atoms with Gasteiger partial charge in [-0.15, -0.1) is 0 Å². The number of fused-ring (bicyclic) bond motifs is 7. The maximum absolute atomic E-state index is 6.46. The van der Waals surface area contributed by atoms with Gasteiger partial charge in [0, 0.05) is 27.7 Å². The van der Waals surface area contributed by atoms with Crippen LogP contribution in [0.2, 0.25) is 0 Å². The van der Waals surface area contributed by atoms with Crippen LogP contribution in [0.3, 0.4) is 0 Å². The van der Waals surface area contributed by atoms with Crippen LogP contribution in [0.25, 0.3) is 65.4 Å². The Labute approximate surface area is 255 Å². The Balaban J connectivity index is 1.30. The van der Waals surface area contributed by atoms with Crippen LogP contribution < -0.4 is 4.90 Å². The van der Waals surface area contributed by atoms with E-state index in [-0.39, 0.29) is 0 Å². The molecule has 0 aliphatic rings. The van der Waals surface area contributed by atoms with Gasteiger partial charge in [-0.25, -0.2) is 0 Å². The van der Waals surface area contributed by atoms with Crippen molar-refractivity contribution in [3.63, 3.8) is 0 Å². The molecule has 0 spiro atoms. The maximum Gasteiger partial charge on any atom is 0.136 e. The molecule has 0 aliphatic carbocycles. The van der Waals surface area contributed by atoms with Crippen LogP contribution in [0.1, 0.15) is 0 Å². The Bertz CT molecular complexity index is 2510. The third kappa shape index (κ3) is 3.89. The van der Waals surface area contributed by atoms with Crippen molar-refractivity contribution in [1.82, 2.24) is 0 Å². The third-order valence-corrected chi connectivity index (χ3v) is 8.80. The van der Waals surface area contributed by atoms with E-state index >= 15 is 0 Å². The molecule has 0 aliphatic heterocycles. The van der Waals surface area contributed by atoms with E-state index < -0.39 is 0 Å². The number of hydrogen-bond donors (Lipinski definition) is 0. The zero-order chi connectivity index (χ0) is 29.0. The predicted octanol–water partition coefficient (Wildman–Crippen LogP) is 12.2. The lowest BCUT2D eigenvalue weighted by molar-refractivity contribution is 0.669. The summed E-state index contributed by atoms with van der Waals surface area (Å²) in [6, 6.07) is 58.6. The van der Waals surface area contributed by atoms with E-state index in [1.165, 1.54) is 32.3 Å². The average Bonchev–Trinajstić information content (AvgIpc) is 3.45. The van der Waals surface area contributed by atoms with Crippen molar-refractivity contribution in [3.05, 3.63) is 164 Å². The zero-order valence-corrected chi connectivity index (χ0v) is 23.9. The zero-order valence-electron chi connectivity index (χ0n) is 23.9. The molecule has 0 radical (unpaired) electrons. The van der Waals surface area contributed by atoms with Gasteiger partial charge in [-0.3, -0.25) is 0 Å². The second-order valence-corrected chi connectivity index (χ2v) is 11.4. The van der Waals surface area contributed by atoms with E-state index in [0.29, 0.717) is 0 Å². The van der Waals surface area contributed by atoms with Crippen LogP contribution in [0.15, 0.2) is 168 Å². The summed E-state index contributed by atoms with van der Waals surface area (Å²) in [5.74, 6) is 0. The third-order valence-electron chi connectivity index (χ3n) is 8.80. The average molecular weight is 562 g/mol. The number of furan rings is 1. The van der Waals surface area contributed by atoms with Crippen LogP contribution in [0, 0.1) is 0 Å². The molecule has 9 rings (SSSR count). The van der Waals surface area contributed by atoms with Gasteiger partial charge in [0.2, 0.25) is 0 Å². The normalized spacial score (nSPS) is 11.6. The fourth-order valence-electron chi connectivity index (χ4n) is 6.78. The van der Waals surface area contributed by atoms with Crippen LogP contribution in [0.5, 0.6) is 0 Å². The second-order valence-electron chi connectivity index (χ2n) is 11.4. The van der Waals surface area contributed by atoms with E-state index in [4.69, 9.17) is 4.42 Å². The summed E-state index contributed by atoms with van der Waals surface area (Å²) in [6.07, 6.45) is 0. The van der Waals surface area contributed by atoms with Crippen molar-refractivity contribution in [1.29, 1.82) is 0 Å². The highest BCUT2D eigenvalue weighted by Gasteiger charge is 2.20. The highest BCUT2D eigenvalue weighted by atomic mass is 16.3. The molecule has 2 heteroatoms. The van der Waals surface area contributed by atoms with Crippen LogP contribution in [0.4, 0.5) is 17.1 Å². The number of rotatable bonds is 4. The minimum absolute atomic E-state index is 0.895. The minimum Gasteiger partial charge on any atom is -0.456 e. The van der Waals surface area contributed by atoms with Gasteiger partial charge in [0.1, 0.15) is 11.2 Å². The lowest BCUT2D eigenvalue weighted by atomic mass is 9.96. The van der Waals surface area contributed by atoms with Crippen molar-refractivity contribution < 1.29 is 4.42 Å². The van der Waals surface area contributed by atoms with Crippen LogP contribution in [-0.4, -0.2) is 0 Å². The molecule has 0 saturated heterocycles. The molecule has 0 amide bonds. The molecule has 0 bridgehead atoms. The standard InChI is InChI=1S/C42H27NO/c1-2-14-32(15-3-1)43(33-23-24-35-31(25-33)22-21-28-11-6-7-16-34(28)35)39-19-9-8-17-36(39)37-18-10-20-40-42(37)38-26-29-12-4-5-13-30(29)27-41(38)44-40/h1-27H. The molecule has 1 aromatic heterocycles. The first-order valence-corrected chi connectivity index (χ1v) is 15.0. The first kappa shape index (κ1) is 24.7. The molecule has 0 fully saturated rings. The minimum atomic E-state index is 0.895. The summed E-state index contributed by atoms with van der Waals surface area (Å²) in [5, 5.41) is 9.66. The summed E-state index contributed by atoms with van der Waals surface area (Å²) >= 11 is 0. The predicted molar refractivity (Wildman–Crippen MR) is 186 cm³/mol. The molecule has 44 heavy (non-hydrogen) atoms. The summed E-state index contributed by atoms with van der Waals surface area (Å²) in [7, 11) is 0. The Kier molecular flexibility index (Phi) is 5.54. The fourth-order valence-corrected chi connectivity index (χ4v) is 6.78. The molecule has 206 valence electrons. The van der Waals surface area contributed by atoms with Crippen LogP contribution >= 0.6 is 0 Å². The Morgan fingerprint density at radius 1 is 0.364 bits per heavy atom. The SMILES string of the molecule is c1ccc(N(c2ccc3c(ccc4ccccc43)c2)c2ccccc2-c2cccc3oc4cc5ccccc5cc4c23)cc1. The lowest BCUT2D eigenvalue weighted by Gasteiger charge is -2.28. The van der Waals surface area contributed by atoms with Crippen molar-refractivity contribution in [3.8, 4) is 11.1 Å². The Morgan fingerprint density at radius 3 is 1.93 bits per heavy atom. The summed E-state index contributed by atoms with van der Waals surface area (Å²) in [5.41, 5.74) is 7.44. The van der Waals surface area contributed by atoms with E-state index in [0.717, 1.165) is 50.1 Å². The van der Waals surface area contributed by atoms with E-state index in [2.05, 4.69) is 169 Å². The van der Waals surface area contributed by atoms with Gasteiger partial charge in [-0.1, -0.05) is 115 Å². The van der Waals surface area contributed by atoms with Gasteiger partial charge in [-0.2, -0.15) is 0 Å². The molecular formula is C42H27NO. The molecule has 0 saturated carbocycles. The summed E-state index contributed by atoms with van der Waals surface area (Å²) < 4.78 is 6.46. The van der Waals surface area contributed by atoms with Gasteiger partial charge >= 0.3 is 0 Å². The van der Waals surface area contributed by atoms with Crippen LogP contribution in [-0.2, 0) is 0 Å². The number of anilines is 3. The molecule has 0 atom stereocenters. The van der Waals surface area contributed by atoms with Crippen molar-refractivity contribution >= 4 is 71.3 Å². The molecule has 8 aromatic carbocycles. The number of benzene rings is 8. The highest BCUT2D eigenvalue weighted by Crippen LogP contribution is 2.45. The van der Waals surface area contributed by atoms with Gasteiger partial charge in [0.05, 0.1) is 5.69 Å². The summed E-state index contributed by atoms with van der Waals surface area (Å²) in [6.45, 7) is 0. The van der Waals surface area contributed by atoms with E-state index in [9.17, 15) is 0 Å². The maximum atomic E-state index is 6.46. The number of nitrogens with zero attached hydrogens (tertiary/aromatic N) is 1. The largest absolute Gasteiger partial charge is 0.456 e. The van der Waals surface area contributed by atoms with Crippen molar-refractivity contribution in [2.75, 3.05) is 4.90 Å². The van der Waals surface area contributed by atoms with Gasteiger partial charge < -0.3 is 9.32 Å². The molecule has 2 nitrogen and oxygen atoms in total. The Hall–Kier alpha value is -5.86. The smallest absolute Gasteiger partial charge is 0.136 e. The fraction of sp³-hybridized carbons (Fsp3) is 0. The Morgan fingerprint density at radius 2 is 1.05 bits per heavy atom. The molecule has 1 heterocycles. The van der Waals surface area contributed by atoms with Crippen molar-refractivity contribution in [2.45, 2.75) is 0 Å². The number of para-hydroxylation sites is 2. The van der Waals surface area contributed by atoms with E-state index in [1.807, 2.05) is 0 Å². The van der Waals surface area contributed by atoms with Gasteiger partial charge in [0.15, 0.2) is 0 Å². The summed E-state index contributed by atoms with van der Waals surface area (Å²) in [4.78, 5) is 2.38. The second kappa shape index (κ2) is 9.86. The molecule has 0 N–H and O–H groups in total. The van der Waals surface area contributed by atoms with Gasteiger partial charge in [-0.05, 0) is 86.4 Å².